The standard InChI is InChI=1S/C17H21N5O/c1-3-16(23)22-9-7-21(8-10-22)15-11-13(2)19-17(20-15)14-5-4-6-18-12-14/h4-6,11-12H,3,7-10H2,1-2H3. The summed E-state index contributed by atoms with van der Waals surface area (Å²) >= 11 is 0. The summed E-state index contributed by atoms with van der Waals surface area (Å²) in [6, 6.07) is 5.84. The first kappa shape index (κ1) is 15.4. The van der Waals surface area contributed by atoms with Crippen LogP contribution in [0.4, 0.5) is 5.82 Å². The van der Waals surface area contributed by atoms with Crippen LogP contribution in [0.1, 0.15) is 19.0 Å². The highest BCUT2D eigenvalue weighted by atomic mass is 16.2. The van der Waals surface area contributed by atoms with E-state index in [-0.39, 0.29) is 5.91 Å². The van der Waals surface area contributed by atoms with Crippen LogP contribution < -0.4 is 4.90 Å². The molecule has 0 N–H and O–H groups in total. The third kappa shape index (κ3) is 3.47. The molecule has 23 heavy (non-hydrogen) atoms. The summed E-state index contributed by atoms with van der Waals surface area (Å²) in [7, 11) is 0. The Morgan fingerprint density at radius 2 is 2.00 bits per heavy atom. The Kier molecular flexibility index (Phi) is 4.50. The molecule has 1 amide bonds. The maximum absolute atomic E-state index is 11.8. The van der Waals surface area contributed by atoms with Crippen molar-refractivity contribution in [2.45, 2.75) is 20.3 Å². The van der Waals surface area contributed by atoms with Gasteiger partial charge in [0, 0.05) is 62.3 Å². The van der Waals surface area contributed by atoms with Crippen molar-refractivity contribution in [1.82, 2.24) is 19.9 Å². The number of hydrogen-bond donors (Lipinski definition) is 0. The second-order valence-electron chi connectivity index (χ2n) is 5.65. The van der Waals surface area contributed by atoms with E-state index in [2.05, 4.69) is 19.9 Å². The first-order chi connectivity index (χ1) is 11.2. The lowest BCUT2D eigenvalue weighted by Crippen LogP contribution is -2.48. The summed E-state index contributed by atoms with van der Waals surface area (Å²) in [6.07, 6.45) is 4.08. The van der Waals surface area contributed by atoms with Gasteiger partial charge in [0.05, 0.1) is 0 Å². The molecular formula is C17H21N5O. The molecule has 1 fully saturated rings. The molecule has 3 rings (SSSR count). The fraction of sp³-hybridized carbons (Fsp3) is 0.412. The Labute approximate surface area is 136 Å². The molecule has 0 radical (unpaired) electrons. The van der Waals surface area contributed by atoms with Crippen molar-refractivity contribution in [2.24, 2.45) is 0 Å². The van der Waals surface area contributed by atoms with Crippen LogP contribution in [0.15, 0.2) is 30.6 Å². The summed E-state index contributed by atoms with van der Waals surface area (Å²) in [5.74, 6) is 1.83. The van der Waals surface area contributed by atoms with Crippen LogP contribution in [0, 0.1) is 6.92 Å². The van der Waals surface area contributed by atoms with Crippen LogP contribution in [-0.4, -0.2) is 51.9 Å². The van der Waals surface area contributed by atoms with E-state index in [0.29, 0.717) is 12.2 Å². The number of carbonyl (C=O) groups is 1. The number of rotatable bonds is 3. The van der Waals surface area contributed by atoms with Gasteiger partial charge in [-0.05, 0) is 19.1 Å². The lowest BCUT2D eigenvalue weighted by atomic mass is 10.2. The van der Waals surface area contributed by atoms with Gasteiger partial charge in [0.25, 0.3) is 0 Å². The first-order valence-corrected chi connectivity index (χ1v) is 7.96. The van der Waals surface area contributed by atoms with Crippen LogP contribution in [0.3, 0.4) is 0 Å². The number of hydrogen-bond acceptors (Lipinski definition) is 5. The summed E-state index contributed by atoms with van der Waals surface area (Å²) in [6.45, 7) is 6.98. The van der Waals surface area contributed by atoms with Crippen molar-refractivity contribution < 1.29 is 4.79 Å². The zero-order valence-electron chi connectivity index (χ0n) is 13.6. The third-order valence-electron chi connectivity index (χ3n) is 4.02. The van der Waals surface area contributed by atoms with Gasteiger partial charge in [0.2, 0.25) is 5.91 Å². The fourth-order valence-electron chi connectivity index (χ4n) is 2.75. The monoisotopic (exact) mass is 311 g/mol. The molecule has 0 spiro atoms. The number of pyridine rings is 1. The number of anilines is 1. The van der Waals surface area contributed by atoms with Gasteiger partial charge in [0.1, 0.15) is 5.82 Å². The van der Waals surface area contributed by atoms with Gasteiger partial charge < -0.3 is 9.80 Å². The molecule has 6 nitrogen and oxygen atoms in total. The first-order valence-electron chi connectivity index (χ1n) is 7.96. The molecule has 120 valence electrons. The molecule has 3 heterocycles. The van der Waals surface area contributed by atoms with Crippen LogP contribution in [-0.2, 0) is 4.79 Å². The van der Waals surface area contributed by atoms with Crippen molar-refractivity contribution in [1.29, 1.82) is 0 Å². The summed E-state index contributed by atoms with van der Waals surface area (Å²) in [5.41, 5.74) is 1.85. The third-order valence-corrected chi connectivity index (χ3v) is 4.02. The van der Waals surface area contributed by atoms with Crippen molar-refractivity contribution in [3.05, 3.63) is 36.3 Å². The van der Waals surface area contributed by atoms with E-state index in [0.717, 1.165) is 43.3 Å². The minimum absolute atomic E-state index is 0.222. The highest BCUT2D eigenvalue weighted by Crippen LogP contribution is 2.20. The van der Waals surface area contributed by atoms with Crippen molar-refractivity contribution in [3.8, 4) is 11.4 Å². The predicted octanol–water partition coefficient (Wildman–Crippen LogP) is 1.91. The molecular weight excluding hydrogens is 290 g/mol. The smallest absolute Gasteiger partial charge is 0.222 e. The highest BCUT2D eigenvalue weighted by molar-refractivity contribution is 5.76. The van der Waals surface area contributed by atoms with Crippen LogP contribution >= 0.6 is 0 Å². The van der Waals surface area contributed by atoms with Gasteiger partial charge in [-0.2, -0.15) is 0 Å². The summed E-state index contributed by atoms with van der Waals surface area (Å²) in [5, 5.41) is 0. The second-order valence-corrected chi connectivity index (χ2v) is 5.65. The van der Waals surface area contributed by atoms with E-state index >= 15 is 0 Å². The van der Waals surface area contributed by atoms with Gasteiger partial charge in [-0.1, -0.05) is 6.92 Å². The molecule has 0 aliphatic carbocycles. The maximum Gasteiger partial charge on any atom is 0.222 e. The molecule has 1 saturated heterocycles. The lowest BCUT2D eigenvalue weighted by Gasteiger charge is -2.35. The normalized spacial score (nSPS) is 14.9. The molecule has 0 atom stereocenters. The van der Waals surface area contributed by atoms with Gasteiger partial charge in [0.15, 0.2) is 5.82 Å². The summed E-state index contributed by atoms with van der Waals surface area (Å²) in [4.78, 5) is 29.3. The highest BCUT2D eigenvalue weighted by Gasteiger charge is 2.21. The molecule has 1 aliphatic rings. The van der Waals surface area contributed by atoms with Gasteiger partial charge in [-0.3, -0.25) is 9.78 Å². The van der Waals surface area contributed by atoms with E-state index in [9.17, 15) is 4.79 Å². The molecule has 0 saturated carbocycles. The van der Waals surface area contributed by atoms with E-state index in [1.807, 2.05) is 36.9 Å². The quantitative estimate of drug-likeness (QED) is 0.866. The lowest BCUT2D eigenvalue weighted by molar-refractivity contribution is -0.131. The Balaban J connectivity index is 1.79. The Morgan fingerprint density at radius 1 is 1.22 bits per heavy atom. The zero-order valence-corrected chi connectivity index (χ0v) is 13.6. The second kappa shape index (κ2) is 6.73. The number of amides is 1. The molecule has 0 aromatic carbocycles. The number of nitrogens with zero attached hydrogens (tertiary/aromatic N) is 5. The van der Waals surface area contributed by atoms with Crippen LogP contribution in [0.5, 0.6) is 0 Å². The largest absolute Gasteiger partial charge is 0.353 e. The van der Waals surface area contributed by atoms with Crippen molar-refractivity contribution in [2.75, 3.05) is 31.1 Å². The minimum atomic E-state index is 0.222. The molecule has 1 aliphatic heterocycles. The minimum Gasteiger partial charge on any atom is -0.353 e. The summed E-state index contributed by atoms with van der Waals surface area (Å²) < 4.78 is 0. The van der Waals surface area contributed by atoms with Crippen LogP contribution in [0.25, 0.3) is 11.4 Å². The number of aryl methyl sites for hydroxylation is 1. The van der Waals surface area contributed by atoms with Gasteiger partial charge in [-0.25, -0.2) is 9.97 Å². The predicted molar refractivity (Wildman–Crippen MR) is 89.1 cm³/mol. The molecule has 0 unspecified atom stereocenters. The van der Waals surface area contributed by atoms with Crippen molar-refractivity contribution >= 4 is 11.7 Å². The van der Waals surface area contributed by atoms with Gasteiger partial charge in [-0.15, -0.1) is 0 Å². The number of aromatic nitrogens is 3. The average molecular weight is 311 g/mol. The zero-order chi connectivity index (χ0) is 16.2. The van der Waals surface area contributed by atoms with E-state index in [1.165, 1.54) is 0 Å². The van der Waals surface area contributed by atoms with Crippen molar-refractivity contribution in [3.63, 3.8) is 0 Å². The average Bonchev–Trinajstić information content (AvgIpc) is 2.61. The molecule has 2 aromatic heterocycles. The number of piperazine rings is 1. The van der Waals surface area contributed by atoms with Crippen LogP contribution in [0.2, 0.25) is 0 Å². The fourth-order valence-corrected chi connectivity index (χ4v) is 2.75. The van der Waals surface area contributed by atoms with E-state index < -0.39 is 0 Å². The molecule has 0 bridgehead atoms. The SMILES string of the molecule is CCC(=O)N1CCN(c2cc(C)nc(-c3cccnc3)n2)CC1. The van der Waals surface area contributed by atoms with E-state index in [1.54, 1.807) is 12.4 Å². The molecule has 2 aromatic rings. The van der Waals surface area contributed by atoms with E-state index in [4.69, 9.17) is 0 Å². The Morgan fingerprint density at radius 3 is 2.65 bits per heavy atom. The molecule has 6 heteroatoms. The number of carbonyl (C=O) groups excluding carboxylic acids is 1. The van der Waals surface area contributed by atoms with Gasteiger partial charge >= 0.3 is 0 Å². The Bertz CT molecular complexity index is 681. The topological polar surface area (TPSA) is 62.2 Å². The maximum atomic E-state index is 11.8. The Hall–Kier alpha value is -2.50.